The molecule has 0 heterocycles. The third kappa shape index (κ3) is 7.92. The van der Waals surface area contributed by atoms with Gasteiger partial charge in [-0.1, -0.05) is 94.9 Å². The number of carboxylic acids is 1. The van der Waals surface area contributed by atoms with Crippen molar-refractivity contribution in [2.24, 2.45) is 5.92 Å². The smallest absolute Gasteiger partial charge is 0.339 e. The number of aromatic carboxylic acids is 1. The molecule has 190 valence electrons. The molecule has 0 radical (unpaired) electrons. The third-order valence-corrected chi connectivity index (χ3v) is 7.38. The van der Waals surface area contributed by atoms with Crippen molar-refractivity contribution in [3.63, 3.8) is 0 Å². The summed E-state index contributed by atoms with van der Waals surface area (Å²) < 4.78 is 0. The maximum absolute atomic E-state index is 12.1. The van der Waals surface area contributed by atoms with E-state index < -0.39 is 5.97 Å². The van der Waals surface area contributed by atoms with Gasteiger partial charge in [-0.2, -0.15) is 0 Å². The molecule has 0 unspecified atom stereocenters. The third-order valence-electron chi connectivity index (χ3n) is 7.38. The van der Waals surface area contributed by atoms with E-state index in [2.05, 4.69) is 13.5 Å². The molecule has 1 aromatic carbocycles. The predicted molar refractivity (Wildman–Crippen MR) is 141 cm³/mol. The number of unbranched alkanes of at least 4 members (excludes halogenated alkanes) is 10. The SMILES string of the molecule is C=C(C)[C@@H]1CCC(C)=C[C@H]1c1c(O)cc(CCCCCCCCCCCCC)c(C(=O)O)c1O. The van der Waals surface area contributed by atoms with Crippen LogP contribution in [0.15, 0.2) is 29.9 Å². The molecule has 3 N–H and O–H groups in total. The summed E-state index contributed by atoms with van der Waals surface area (Å²) in [6.07, 6.45) is 17.9. The zero-order chi connectivity index (χ0) is 25.1. The van der Waals surface area contributed by atoms with Crippen LogP contribution in [0.5, 0.6) is 11.5 Å². The second-order valence-electron chi connectivity index (χ2n) is 10.3. The van der Waals surface area contributed by atoms with Gasteiger partial charge in [0, 0.05) is 11.5 Å². The normalized spacial score (nSPS) is 18.0. The van der Waals surface area contributed by atoms with Gasteiger partial charge < -0.3 is 15.3 Å². The summed E-state index contributed by atoms with van der Waals surface area (Å²) in [4.78, 5) is 12.1. The first-order valence-corrected chi connectivity index (χ1v) is 13.4. The molecular weight excluding hydrogens is 424 g/mol. The molecule has 0 bridgehead atoms. The van der Waals surface area contributed by atoms with Crippen molar-refractivity contribution in [1.82, 2.24) is 0 Å². The minimum atomic E-state index is -1.14. The fraction of sp³-hybridized carbons (Fsp3) is 0.633. The average molecular weight is 471 g/mol. The Bertz CT molecular complexity index is 852. The van der Waals surface area contributed by atoms with Gasteiger partial charge in [-0.25, -0.2) is 4.79 Å². The lowest BCUT2D eigenvalue weighted by Crippen LogP contribution is -2.18. The Balaban J connectivity index is 2.01. The summed E-state index contributed by atoms with van der Waals surface area (Å²) in [6, 6.07) is 1.57. The summed E-state index contributed by atoms with van der Waals surface area (Å²) in [7, 11) is 0. The number of hydrogen-bond acceptors (Lipinski definition) is 3. The highest BCUT2D eigenvalue weighted by molar-refractivity contribution is 5.94. The van der Waals surface area contributed by atoms with Gasteiger partial charge in [0.05, 0.1) is 0 Å². The zero-order valence-electron chi connectivity index (χ0n) is 21.7. The van der Waals surface area contributed by atoms with Crippen molar-refractivity contribution in [1.29, 1.82) is 0 Å². The van der Waals surface area contributed by atoms with Crippen molar-refractivity contribution < 1.29 is 20.1 Å². The van der Waals surface area contributed by atoms with Gasteiger partial charge in [0.2, 0.25) is 0 Å². The summed E-state index contributed by atoms with van der Waals surface area (Å²) in [5.41, 5.74) is 2.95. The maximum atomic E-state index is 12.1. The summed E-state index contributed by atoms with van der Waals surface area (Å²) >= 11 is 0. The second kappa shape index (κ2) is 14.2. The zero-order valence-corrected chi connectivity index (χ0v) is 21.7. The molecule has 1 aliphatic carbocycles. The summed E-state index contributed by atoms with van der Waals surface area (Å²) in [5, 5.41) is 31.8. The number of carboxylic acid groups (broad SMARTS) is 1. The molecule has 4 nitrogen and oxygen atoms in total. The largest absolute Gasteiger partial charge is 0.507 e. The highest BCUT2D eigenvalue weighted by Crippen LogP contribution is 2.48. The molecule has 0 saturated heterocycles. The van der Waals surface area contributed by atoms with Gasteiger partial charge >= 0.3 is 5.97 Å². The first kappa shape index (κ1) is 28.0. The van der Waals surface area contributed by atoms with Crippen LogP contribution in [0.25, 0.3) is 0 Å². The van der Waals surface area contributed by atoms with Gasteiger partial charge in [0.15, 0.2) is 0 Å². The molecule has 0 aromatic heterocycles. The highest BCUT2D eigenvalue weighted by atomic mass is 16.4. The van der Waals surface area contributed by atoms with Crippen LogP contribution in [0.4, 0.5) is 0 Å². The van der Waals surface area contributed by atoms with E-state index in [-0.39, 0.29) is 28.9 Å². The van der Waals surface area contributed by atoms with Gasteiger partial charge in [0.1, 0.15) is 17.1 Å². The number of phenolic OH excluding ortho intramolecular Hbond substituents is 1. The van der Waals surface area contributed by atoms with Crippen molar-refractivity contribution >= 4 is 5.97 Å². The molecule has 0 saturated carbocycles. The standard InChI is InChI=1S/C30H46O4/c1-5-6-7-8-9-10-11-12-13-14-15-16-23-20-26(31)28(29(32)27(23)30(33)34)25-19-22(4)17-18-24(25)21(2)3/h19-20,24-25,31-32H,2,5-18H2,1,3-4H3,(H,33,34)/t24-,25+/m0/s1. The number of benzene rings is 1. The van der Waals surface area contributed by atoms with E-state index in [0.717, 1.165) is 37.7 Å². The lowest BCUT2D eigenvalue weighted by molar-refractivity contribution is 0.0692. The second-order valence-corrected chi connectivity index (χ2v) is 10.3. The van der Waals surface area contributed by atoms with Crippen LogP contribution < -0.4 is 0 Å². The number of rotatable bonds is 15. The van der Waals surface area contributed by atoms with E-state index in [4.69, 9.17) is 0 Å². The average Bonchev–Trinajstić information content (AvgIpc) is 2.76. The van der Waals surface area contributed by atoms with Gasteiger partial charge in [-0.15, -0.1) is 0 Å². The van der Waals surface area contributed by atoms with E-state index in [1.807, 2.05) is 19.9 Å². The molecule has 4 heteroatoms. The van der Waals surface area contributed by atoms with Crippen LogP contribution >= 0.6 is 0 Å². The topological polar surface area (TPSA) is 77.8 Å². The van der Waals surface area contributed by atoms with Crippen LogP contribution in [0.3, 0.4) is 0 Å². The molecule has 34 heavy (non-hydrogen) atoms. The van der Waals surface area contributed by atoms with E-state index in [1.165, 1.54) is 56.9 Å². The predicted octanol–water partition coefficient (Wildman–Crippen LogP) is 8.67. The van der Waals surface area contributed by atoms with Gasteiger partial charge in [-0.05, 0) is 57.1 Å². The summed E-state index contributed by atoms with van der Waals surface area (Å²) in [6.45, 7) is 10.3. The minimum Gasteiger partial charge on any atom is -0.507 e. The molecule has 0 amide bonds. The molecular formula is C30H46O4. The molecule has 1 aliphatic rings. The number of phenols is 2. The van der Waals surface area contributed by atoms with Crippen LogP contribution in [-0.2, 0) is 6.42 Å². The van der Waals surface area contributed by atoms with Gasteiger partial charge in [0.25, 0.3) is 0 Å². The number of carbonyl (C=O) groups is 1. The maximum Gasteiger partial charge on any atom is 0.339 e. The molecule has 0 aliphatic heterocycles. The molecule has 0 fully saturated rings. The van der Waals surface area contributed by atoms with E-state index >= 15 is 0 Å². The monoisotopic (exact) mass is 470 g/mol. The summed E-state index contributed by atoms with van der Waals surface area (Å²) in [5.74, 6) is -1.63. The number of aryl methyl sites for hydroxylation is 1. The number of hydrogen-bond donors (Lipinski definition) is 3. The Hall–Kier alpha value is -2.23. The first-order valence-electron chi connectivity index (χ1n) is 13.4. The van der Waals surface area contributed by atoms with Crippen LogP contribution in [0.1, 0.15) is 132 Å². The van der Waals surface area contributed by atoms with Gasteiger partial charge in [-0.3, -0.25) is 0 Å². The first-order chi connectivity index (χ1) is 16.3. The van der Waals surface area contributed by atoms with E-state index in [9.17, 15) is 20.1 Å². The van der Waals surface area contributed by atoms with Crippen LogP contribution in [-0.4, -0.2) is 21.3 Å². The van der Waals surface area contributed by atoms with Crippen molar-refractivity contribution in [3.8, 4) is 11.5 Å². The lowest BCUT2D eigenvalue weighted by atomic mass is 9.73. The molecule has 0 spiro atoms. The van der Waals surface area contributed by atoms with Crippen molar-refractivity contribution in [2.75, 3.05) is 0 Å². The Morgan fingerprint density at radius 2 is 1.56 bits per heavy atom. The number of allylic oxidation sites excluding steroid dienone is 3. The minimum absolute atomic E-state index is 0.0113. The van der Waals surface area contributed by atoms with Crippen LogP contribution in [0, 0.1) is 5.92 Å². The molecule has 1 aromatic rings. The Labute approximate surface area is 206 Å². The Morgan fingerprint density at radius 1 is 1.00 bits per heavy atom. The molecule has 2 atom stereocenters. The van der Waals surface area contributed by atoms with Crippen molar-refractivity contribution in [2.45, 2.75) is 117 Å². The lowest BCUT2D eigenvalue weighted by Gasteiger charge is -2.32. The van der Waals surface area contributed by atoms with Crippen molar-refractivity contribution in [3.05, 3.63) is 46.6 Å². The number of aromatic hydroxyl groups is 2. The Kier molecular flexibility index (Phi) is 11.7. The molecule has 2 rings (SSSR count). The van der Waals surface area contributed by atoms with E-state index in [0.29, 0.717) is 17.5 Å². The quantitative estimate of drug-likeness (QED) is 0.177. The van der Waals surface area contributed by atoms with Crippen LogP contribution in [0.2, 0.25) is 0 Å². The highest BCUT2D eigenvalue weighted by Gasteiger charge is 2.33. The van der Waals surface area contributed by atoms with E-state index in [1.54, 1.807) is 6.07 Å². The fourth-order valence-corrected chi connectivity index (χ4v) is 5.37. The Morgan fingerprint density at radius 3 is 2.09 bits per heavy atom. The fourth-order valence-electron chi connectivity index (χ4n) is 5.37.